The van der Waals surface area contributed by atoms with Crippen molar-refractivity contribution >= 4 is 6.09 Å². The number of amides is 1. The summed E-state index contributed by atoms with van der Waals surface area (Å²) in [5, 5.41) is 8.99. The third-order valence-corrected chi connectivity index (χ3v) is 5.11. The highest BCUT2D eigenvalue weighted by atomic mass is 16.6. The molecule has 154 valence electrons. The average Bonchev–Trinajstić information content (AvgIpc) is 2.64. The number of aliphatic hydroxyl groups excluding tert-OH is 1. The van der Waals surface area contributed by atoms with Crippen LogP contribution in [0.3, 0.4) is 0 Å². The number of hydrogen-bond acceptors (Lipinski definition) is 5. The lowest BCUT2D eigenvalue weighted by molar-refractivity contribution is 0.00629. The Kier molecular flexibility index (Phi) is 11.9. The summed E-state index contributed by atoms with van der Waals surface area (Å²) in [5.41, 5.74) is 0. The summed E-state index contributed by atoms with van der Waals surface area (Å²) in [7, 11) is 1.85. The predicted molar refractivity (Wildman–Crippen MR) is 104 cm³/mol. The molecule has 0 aliphatic heterocycles. The van der Waals surface area contributed by atoms with Gasteiger partial charge in [0.25, 0.3) is 0 Å². The lowest BCUT2D eigenvalue weighted by Crippen LogP contribution is -2.41. The van der Waals surface area contributed by atoms with Gasteiger partial charge in [-0.2, -0.15) is 0 Å². The smallest absolute Gasteiger partial charge is 0.409 e. The molecule has 0 saturated heterocycles. The summed E-state index contributed by atoms with van der Waals surface area (Å²) in [6.07, 6.45) is 6.28. The fourth-order valence-corrected chi connectivity index (χ4v) is 3.34. The van der Waals surface area contributed by atoms with Gasteiger partial charge in [0.2, 0.25) is 0 Å². The molecule has 0 spiro atoms. The van der Waals surface area contributed by atoms with Crippen LogP contribution in [0.5, 0.6) is 0 Å². The molecule has 0 heterocycles. The second-order valence-corrected chi connectivity index (χ2v) is 7.75. The van der Waals surface area contributed by atoms with Crippen LogP contribution in [0, 0.1) is 5.92 Å². The SMILES string of the molecule is CCN(CCO)CCCCO[C@H]1CC[C@H](N(C)C(=O)OCC(C)C)CC1. The number of carbonyl (C=O) groups excluding carboxylic acids is 1. The molecule has 6 heteroatoms. The Hall–Kier alpha value is -0.850. The Labute approximate surface area is 159 Å². The lowest BCUT2D eigenvalue weighted by atomic mass is 9.92. The van der Waals surface area contributed by atoms with E-state index < -0.39 is 0 Å². The summed E-state index contributed by atoms with van der Waals surface area (Å²) in [6, 6.07) is 0.270. The zero-order chi connectivity index (χ0) is 19.4. The Balaban J connectivity index is 2.13. The minimum absolute atomic E-state index is 0.202. The normalized spacial score (nSPS) is 20.6. The molecule has 1 N–H and O–H groups in total. The number of aliphatic hydroxyl groups is 1. The maximum atomic E-state index is 12.1. The molecule has 0 aromatic rings. The first kappa shape index (κ1) is 23.2. The lowest BCUT2D eigenvalue weighted by Gasteiger charge is -2.34. The summed E-state index contributed by atoms with van der Waals surface area (Å²) < 4.78 is 11.3. The van der Waals surface area contributed by atoms with Crippen LogP contribution in [0.25, 0.3) is 0 Å². The third kappa shape index (κ3) is 9.19. The molecule has 1 aliphatic rings. The van der Waals surface area contributed by atoms with E-state index in [1.54, 1.807) is 4.90 Å². The monoisotopic (exact) mass is 372 g/mol. The van der Waals surface area contributed by atoms with Crippen LogP contribution in [0.4, 0.5) is 4.79 Å². The van der Waals surface area contributed by atoms with Gasteiger partial charge in [0.05, 0.1) is 19.3 Å². The second kappa shape index (κ2) is 13.3. The van der Waals surface area contributed by atoms with Gasteiger partial charge in [-0.15, -0.1) is 0 Å². The standard InChI is InChI=1S/C20H40N2O4/c1-5-22(13-14-23)12-6-7-15-25-19-10-8-18(9-11-19)21(4)20(24)26-16-17(2)3/h17-19,23H,5-16H2,1-4H3/t18-,19-. The van der Waals surface area contributed by atoms with Crippen LogP contribution in [-0.4, -0.2) is 79.6 Å². The highest BCUT2D eigenvalue weighted by Gasteiger charge is 2.27. The van der Waals surface area contributed by atoms with Gasteiger partial charge in [-0.1, -0.05) is 20.8 Å². The van der Waals surface area contributed by atoms with E-state index in [-0.39, 0.29) is 18.7 Å². The number of unbranched alkanes of at least 4 members (excludes halogenated alkanes) is 1. The van der Waals surface area contributed by atoms with E-state index in [9.17, 15) is 4.79 Å². The Morgan fingerprint density at radius 2 is 1.85 bits per heavy atom. The molecule has 26 heavy (non-hydrogen) atoms. The number of likely N-dealkylation sites (N-methyl/N-ethyl adjacent to an activating group) is 1. The first-order valence-corrected chi connectivity index (χ1v) is 10.3. The van der Waals surface area contributed by atoms with Crippen molar-refractivity contribution in [1.82, 2.24) is 9.80 Å². The van der Waals surface area contributed by atoms with E-state index in [1.807, 2.05) is 20.9 Å². The molecular weight excluding hydrogens is 332 g/mol. The first-order valence-electron chi connectivity index (χ1n) is 10.3. The summed E-state index contributed by atoms with van der Waals surface area (Å²) >= 11 is 0. The van der Waals surface area contributed by atoms with Crippen LogP contribution in [-0.2, 0) is 9.47 Å². The van der Waals surface area contributed by atoms with Crippen LogP contribution < -0.4 is 0 Å². The largest absolute Gasteiger partial charge is 0.449 e. The van der Waals surface area contributed by atoms with Gasteiger partial charge in [-0.3, -0.25) is 0 Å². The van der Waals surface area contributed by atoms with Crippen molar-refractivity contribution in [2.45, 2.75) is 71.4 Å². The highest BCUT2D eigenvalue weighted by Crippen LogP contribution is 2.25. The fourth-order valence-electron chi connectivity index (χ4n) is 3.34. The van der Waals surface area contributed by atoms with Crippen LogP contribution in [0.1, 0.15) is 59.3 Å². The molecule has 1 rings (SSSR count). The van der Waals surface area contributed by atoms with E-state index in [2.05, 4.69) is 11.8 Å². The van der Waals surface area contributed by atoms with E-state index in [0.29, 0.717) is 18.6 Å². The fraction of sp³-hybridized carbons (Fsp3) is 0.950. The van der Waals surface area contributed by atoms with Crippen molar-refractivity contribution in [3.05, 3.63) is 0 Å². The number of ether oxygens (including phenoxy) is 2. The minimum atomic E-state index is -0.202. The van der Waals surface area contributed by atoms with Crippen LogP contribution >= 0.6 is 0 Å². The van der Waals surface area contributed by atoms with Crippen molar-refractivity contribution < 1.29 is 19.4 Å². The number of rotatable bonds is 12. The molecule has 1 amide bonds. The average molecular weight is 373 g/mol. The van der Waals surface area contributed by atoms with E-state index in [4.69, 9.17) is 14.6 Å². The maximum absolute atomic E-state index is 12.1. The zero-order valence-corrected chi connectivity index (χ0v) is 17.3. The molecular formula is C20H40N2O4. The molecule has 0 bridgehead atoms. The third-order valence-electron chi connectivity index (χ3n) is 5.11. The van der Waals surface area contributed by atoms with Crippen molar-refractivity contribution in [2.75, 3.05) is 46.5 Å². The molecule has 6 nitrogen and oxygen atoms in total. The van der Waals surface area contributed by atoms with Gasteiger partial charge in [-0.25, -0.2) is 4.79 Å². The summed E-state index contributed by atoms with van der Waals surface area (Å²) in [6.45, 7) is 10.5. The molecule has 1 fully saturated rings. The highest BCUT2D eigenvalue weighted by molar-refractivity contribution is 5.67. The quantitative estimate of drug-likeness (QED) is 0.533. The molecule has 0 aromatic heterocycles. The Bertz CT molecular complexity index is 371. The predicted octanol–water partition coefficient (Wildman–Crippen LogP) is 3.13. The van der Waals surface area contributed by atoms with Gasteiger partial charge in [-0.05, 0) is 57.5 Å². The van der Waals surface area contributed by atoms with E-state index in [0.717, 1.165) is 64.8 Å². The van der Waals surface area contributed by atoms with Gasteiger partial charge >= 0.3 is 6.09 Å². The van der Waals surface area contributed by atoms with Crippen molar-refractivity contribution in [2.24, 2.45) is 5.92 Å². The van der Waals surface area contributed by atoms with Crippen LogP contribution in [0.2, 0.25) is 0 Å². The topological polar surface area (TPSA) is 62.2 Å². The molecule has 1 saturated carbocycles. The molecule has 0 aromatic carbocycles. The number of hydrogen-bond donors (Lipinski definition) is 1. The van der Waals surface area contributed by atoms with Gasteiger partial charge in [0.15, 0.2) is 0 Å². The summed E-state index contributed by atoms with van der Waals surface area (Å²) in [5.74, 6) is 0.365. The Morgan fingerprint density at radius 1 is 1.15 bits per heavy atom. The van der Waals surface area contributed by atoms with Crippen LogP contribution in [0.15, 0.2) is 0 Å². The second-order valence-electron chi connectivity index (χ2n) is 7.75. The van der Waals surface area contributed by atoms with E-state index in [1.165, 1.54) is 0 Å². The van der Waals surface area contributed by atoms with Gasteiger partial charge in [0.1, 0.15) is 0 Å². The van der Waals surface area contributed by atoms with E-state index >= 15 is 0 Å². The van der Waals surface area contributed by atoms with Crippen molar-refractivity contribution in [3.63, 3.8) is 0 Å². The maximum Gasteiger partial charge on any atom is 0.409 e. The molecule has 1 aliphatic carbocycles. The first-order chi connectivity index (χ1) is 12.5. The molecule has 0 atom stereocenters. The molecule has 0 radical (unpaired) electrons. The Morgan fingerprint density at radius 3 is 2.42 bits per heavy atom. The minimum Gasteiger partial charge on any atom is -0.449 e. The van der Waals surface area contributed by atoms with Gasteiger partial charge in [0, 0.05) is 26.2 Å². The van der Waals surface area contributed by atoms with Gasteiger partial charge < -0.3 is 24.4 Å². The zero-order valence-electron chi connectivity index (χ0n) is 17.3. The van der Waals surface area contributed by atoms with Crippen molar-refractivity contribution in [3.8, 4) is 0 Å². The van der Waals surface area contributed by atoms with Crippen molar-refractivity contribution in [1.29, 1.82) is 0 Å². The molecule has 0 unspecified atom stereocenters. The number of carbonyl (C=O) groups is 1. The number of nitrogens with zero attached hydrogens (tertiary/aromatic N) is 2. The summed E-state index contributed by atoms with van der Waals surface area (Å²) in [4.78, 5) is 16.1.